The lowest BCUT2D eigenvalue weighted by molar-refractivity contribution is 0.104. The van der Waals surface area contributed by atoms with Gasteiger partial charge in [0.2, 0.25) is 5.78 Å². The lowest BCUT2D eigenvalue weighted by Gasteiger charge is -2.15. The molecule has 0 saturated heterocycles. The zero-order valence-corrected chi connectivity index (χ0v) is 20.7. The van der Waals surface area contributed by atoms with Crippen molar-refractivity contribution >= 4 is 69.9 Å². The Morgan fingerprint density at radius 2 is 1.69 bits per heavy atom. The van der Waals surface area contributed by atoms with Crippen LogP contribution in [0.25, 0.3) is 6.08 Å². The Balaban J connectivity index is 1.82. The van der Waals surface area contributed by atoms with Crippen LogP contribution >= 0.6 is 58.0 Å². The highest BCUT2D eigenvalue weighted by molar-refractivity contribution is 6.55. The fourth-order valence-corrected chi connectivity index (χ4v) is 4.03. The molecule has 168 valence electrons. The minimum atomic E-state index is -0.199. The average Bonchev–Trinajstić information content (AvgIpc) is 3.29. The zero-order chi connectivity index (χ0) is 23.4. The number of aryl methyl sites for hydroxylation is 1. The molecule has 0 bridgehead atoms. The Bertz CT molecular complexity index is 1160. The number of halogens is 5. The van der Waals surface area contributed by atoms with Gasteiger partial charge in [0.1, 0.15) is 28.1 Å². The number of nitrogens with zero attached hydrogens (tertiary/aromatic N) is 2. The third kappa shape index (κ3) is 5.36. The molecule has 0 N–H and O–H groups in total. The van der Waals surface area contributed by atoms with Crippen molar-refractivity contribution in [2.75, 3.05) is 7.11 Å². The van der Waals surface area contributed by atoms with Crippen LogP contribution in [0.1, 0.15) is 28.5 Å². The van der Waals surface area contributed by atoms with Gasteiger partial charge in [0.15, 0.2) is 5.75 Å². The van der Waals surface area contributed by atoms with Crippen molar-refractivity contribution in [2.24, 2.45) is 0 Å². The van der Waals surface area contributed by atoms with Crippen molar-refractivity contribution in [1.82, 2.24) is 9.78 Å². The first-order valence-corrected chi connectivity index (χ1v) is 11.2. The largest absolute Gasteiger partial charge is 0.496 e. The van der Waals surface area contributed by atoms with Crippen molar-refractivity contribution in [3.05, 3.63) is 78.5 Å². The van der Waals surface area contributed by atoms with Gasteiger partial charge < -0.3 is 9.47 Å². The van der Waals surface area contributed by atoms with E-state index in [1.165, 1.54) is 13.2 Å². The zero-order valence-electron chi connectivity index (χ0n) is 17.0. The Labute approximate surface area is 210 Å². The van der Waals surface area contributed by atoms with Crippen molar-refractivity contribution in [1.29, 1.82) is 0 Å². The second-order valence-electron chi connectivity index (χ2n) is 6.51. The average molecular weight is 535 g/mol. The van der Waals surface area contributed by atoms with Crippen LogP contribution in [0, 0.1) is 0 Å². The summed E-state index contributed by atoms with van der Waals surface area (Å²) in [4.78, 5) is 12.4. The summed E-state index contributed by atoms with van der Waals surface area (Å²) in [5, 5.41) is 4.46. The molecule has 3 aromatic rings. The molecule has 0 unspecified atom stereocenters. The SMILES string of the molecule is CCn1ccc(C(=O)/C=C/c2ccc(OC)c(COc3c(Cl)c(Cl)c(Cl)c(Cl)c3Cl)c2)n1. The van der Waals surface area contributed by atoms with Gasteiger partial charge in [-0.1, -0.05) is 70.1 Å². The number of aromatic nitrogens is 2. The minimum absolute atomic E-state index is 0.0467. The molecule has 0 amide bonds. The van der Waals surface area contributed by atoms with Gasteiger partial charge in [-0.05, 0) is 36.8 Å². The molecule has 1 heterocycles. The number of carbonyl (C=O) groups excluding carboxylic acids is 1. The lowest BCUT2D eigenvalue weighted by atomic mass is 10.1. The van der Waals surface area contributed by atoms with Crippen LogP contribution in [0.4, 0.5) is 0 Å². The summed E-state index contributed by atoms with van der Waals surface area (Å²) in [6, 6.07) is 7.07. The molecule has 0 aliphatic carbocycles. The maximum absolute atomic E-state index is 12.4. The molecule has 0 aliphatic rings. The summed E-state index contributed by atoms with van der Waals surface area (Å²) in [6.45, 7) is 2.69. The molecule has 10 heteroatoms. The van der Waals surface area contributed by atoms with Crippen LogP contribution in [0.3, 0.4) is 0 Å². The van der Waals surface area contributed by atoms with E-state index >= 15 is 0 Å². The van der Waals surface area contributed by atoms with Gasteiger partial charge in [-0.15, -0.1) is 0 Å². The first kappa shape index (κ1) is 24.7. The van der Waals surface area contributed by atoms with Gasteiger partial charge >= 0.3 is 0 Å². The van der Waals surface area contributed by atoms with Crippen LogP contribution in [0.2, 0.25) is 25.1 Å². The molecular formula is C22H17Cl5N2O3. The Morgan fingerprint density at radius 3 is 2.28 bits per heavy atom. The quantitative estimate of drug-likeness (QED) is 0.129. The molecule has 0 radical (unpaired) electrons. The van der Waals surface area contributed by atoms with E-state index in [0.717, 1.165) is 5.56 Å². The smallest absolute Gasteiger partial charge is 0.206 e. The molecule has 5 nitrogen and oxygen atoms in total. The highest BCUT2D eigenvalue weighted by Gasteiger charge is 2.21. The first-order valence-electron chi connectivity index (χ1n) is 9.33. The standard InChI is InChI=1S/C22H17Cl5N2O3/c1-3-29-9-8-14(28-29)15(30)6-4-12-5-7-16(31-2)13(10-12)11-32-22-20(26)18(24)17(23)19(25)21(22)27/h4-10H,3,11H2,1-2H3/b6-4+. The number of methoxy groups -OCH3 is 1. The van der Waals surface area contributed by atoms with E-state index < -0.39 is 0 Å². The maximum Gasteiger partial charge on any atom is 0.206 e. The molecule has 0 aliphatic heterocycles. The van der Waals surface area contributed by atoms with Crippen LogP contribution in [-0.4, -0.2) is 22.7 Å². The second-order valence-corrected chi connectivity index (χ2v) is 8.40. The van der Waals surface area contributed by atoms with Crippen molar-refractivity contribution in [3.8, 4) is 11.5 Å². The summed E-state index contributed by atoms with van der Waals surface area (Å²) in [5.74, 6) is 0.487. The van der Waals surface area contributed by atoms with Crippen molar-refractivity contribution in [3.63, 3.8) is 0 Å². The molecule has 32 heavy (non-hydrogen) atoms. The van der Waals surface area contributed by atoms with E-state index in [4.69, 9.17) is 67.5 Å². The monoisotopic (exact) mass is 532 g/mol. The van der Waals surface area contributed by atoms with E-state index in [0.29, 0.717) is 23.6 Å². The van der Waals surface area contributed by atoms with Gasteiger partial charge in [0.25, 0.3) is 0 Å². The summed E-state index contributed by atoms with van der Waals surface area (Å²) >= 11 is 30.7. The fraction of sp³-hybridized carbons (Fsp3) is 0.182. The van der Waals surface area contributed by atoms with Gasteiger partial charge in [-0.3, -0.25) is 9.48 Å². The van der Waals surface area contributed by atoms with Crippen LogP contribution in [-0.2, 0) is 13.2 Å². The minimum Gasteiger partial charge on any atom is -0.496 e. The van der Waals surface area contributed by atoms with E-state index in [9.17, 15) is 4.79 Å². The lowest BCUT2D eigenvalue weighted by Crippen LogP contribution is -2.01. The predicted molar refractivity (Wildman–Crippen MR) is 130 cm³/mol. The number of hydrogen-bond acceptors (Lipinski definition) is 4. The van der Waals surface area contributed by atoms with Gasteiger partial charge in [0.05, 0.1) is 22.2 Å². The van der Waals surface area contributed by atoms with Crippen LogP contribution in [0.5, 0.6) is 11.5 Å². The van der Waals surface area contributed by atoms with Crippen molar-refractivity contribution in [2.45, 2.75) is 20.1 Å². The summed E-state index contributed by atoms with van der Waals surface area (Å²) in [5.41, 5.74) is 1.82. The van der Waals surface area contributed by atoms with E-state index in [1.54, 1.807) is 29.1 Å². The molecule has 0 fully saturated rings. The second kappa shape index (κ2) is 10.8. The summed E-state index contributed by atoms with van der Waals surface area (Å²) in [7, 11) is 1.54. The number of hydrogen-bond donors (Lipinski definition) is 0. The van der Waals surface area contributed by atoms with Crippen LogP contribution in [0.15, 0.2) is 36.5 Å². The fourth-order valence-electron chi connectivity index (χ4n) is 2.80. The topological polar surface area (TPSA) is 53.4 Å². The Hall–Kier alpha value is -1.89. The normalized spacial score (nSPS) is 11.2. The van der Waals surface area contributed by atoms with Crippen LogP contribution < -0.4 is 9.47 Å². The highest BCUT2D eigenvalue weighted by Crippen LogP contribution is 2.48. The number of ketones is 1. The van der Waals surface area contributed by atoms with E-state index in [2.05, 4.69) is 5.10 Å². The predicted octanol–water partition coefficient (Wildman–Crippen LogP) is 7.65. The number of rotatable bonds is 8. The summed E-state index contributed by atoms with van der Waals surface area (Å²) in [6.07, 6.45) is 4.91. The molecule has 3 rings (SSSR count). The molecule has 0 spiro atoms. The third-order valence-corrected chi connectivity index (χ3v) is 6.73. The molecule has 1 aromatic heterocycles. The number of ether oxygens (including phenoxy) is 2. The molecule has 0 atom stereocenters. The first-order chi connectivity index (χ1) is 15.3. The number of allylic oxidation sites excluding steroid dienone is 1. The maximum atomic E-state index is 12.4. The number of benzene rings is 2. The molecular weight excluding hydrogens is 518 g/mol. The Kier molecular flexibility index (Phi) is 8.37. The number of carbonyl (C=O) groups is 1. The van der Waals surface area contributed by atoms with Crippen molar-refractivity contribution < 1.29 is 14.3 Å². The van der Waals surface area contributed by atoms with E-state index in [1.807, 2.05) is 19.1 Å². The third-order valence-electron chi connectivity index (χ3n) is 4.49. The molecule has 2 aromatic carbocycles. The van der Waals surface area contributed by atoms with Gasteiger partial charge in [0, 0.05) is 18.3 Å². The van der Waals surface area contributed by atoms with Gasteiger partial charge in [-0.25, -0.2) is 0 Å². The molecule has 0 saturated carbocycles. The van der Waals surface area contributed by atoms with Gasteiger partial charge in [-0.2, -0.15) is 5.10 Å². The summed E-state index contributed by atoms with van der Waals surface area (Å²) < 4.78 is 12.9. The Morgan fingerprint density at radius 1 is 1.03 bits per heavy atom. The highest BCUT2D eigenvalue weighted by atomic mass is 35.5. The van der Waals surface area contributed by atoms with E-state index in [-0.39, 0.29) is 43.3 Å².